The predicted octanol–water partition coefficient (Wildman–Crippen LogP) is 2.71. The topological polar surface area (TPSA) is 45.8 Å². The van der Waals surface area contributed by atoms with Crippen molar-refractivity contribution in [1.29, 1.82) is 0 Å². The Morgan fingerprint density at radius 3 is 2.83 bits per heavy atom. The maximum Gasteiger partial charge on any atom is 0.166 e. The summed E-state index contributed by atoms with van der Waals surface area (Å²) < 4.78 is 11.6. The second-order valence-corrected chi connectivity index (χ2v) is 7.09. The zero-order chi connectivity index (χ0) is 17.4. The highest BCUT2D eigenvalue weighted by atomic mass is 79.9. The van der Waals surface area contributed by atoms with Crippen molar-refractivity contribution in [2.24, 2.45) is 0 Å². The molecule has 1 aliphatic rings. The Labute approximate surface area is 158 Å². The van der Waals surface area contributed by atoms with Gasteiger partial charge in [-0.3, -0.25) is 4.90 Å². The van der Waals surface area contributed by atoms with Crippen molar-refractivity contribution >= 4 is 33.3 Å². The first kappa shape index (κ1) is 19.4. The molecule has 1 fully saturated rings. The smallest absolute Gasteiger partial charge is 0.166 e. The highest BCUT2D eigenvalue weighted by Gasteiger charge is 2.11. The molecule has 0 aromatic heterocycles. The molecule has 0 amide bonds. The molecule has 1 saturated heterocycles. The maximum atomic E-state index is 5.39. The fraction of sp³-hybridized carbons (Fsp3) is 0.588. The third kappa shape index (κ3) is 6.20. The van der Waals surface area contributed by atoms with Crippen LogP contribution in [-0.4, -0.2) is 56.5 Å². The van der Waals surface area contributed by atoms with Crippen LogP contribution in [0.3, 0.4) is 0 Å². The second kappa shape index (κ2) is 10.2. The van der Waals surface area contributed by atoms with Gasteiger partial charge in [0, 0.05) is 19.6 Å². The van der Waals surface area contributed by atoms with Crippen LogP contribution < -0.4 is 15.4 Å². The molecule has 0 aliphatic carbocycles. The summed E-state index contributed by atoms with van der Waals surface area (Å²) in [5, 5.41) is 7.30. The minimum atomic E-state index is 0.131. The molecule has 0 unspecified atom stereocenters. The van der Waals surface area contributed by atoms with E-state index in [9.17, 15) is 0 Å². The number of nitrogens with zero attached hydrogens (tertiary/aromatic N) is 1. The van der Waals surface area contributed by atoms with Gasteiger partial charge in [0.25, 0.3) is 0 Å². The van der Waals surface area contributed by atoms with E-state index in [1.54, 1.807) is 7.11 Å². The van der Waals surface area contributed by atoms with E-state index in [0.717, 1.165) is 61.6 Å². The fourth-order valence-corrected chi connectivity index (χ4v) is 3.45. The average molecular weight is 416 g/mol. The number of rotatable bonds is 7. The van der Waals surface area contributed by atoms with Crippen LogP contribution in [0.2, 0.25) is 0 Å². The van der Waals surface area contributed by atoms with Crippen molar-refractivity contribution < 1.29 is 9.47 Å². The van der Waals surface area contributed by atoms with Crippen LogP contribution in [0.15, 0.2) is 22.7 Å². The molecule has 1 aromatic rings. The summed E-state index contributed by atoms with van der Waals surface area (Å²) >= 11 is 8.91. The van der Waals surface area contributed by atoms with Gasteiger partial charge in [-0.05, 0) is 65.7 Å². The molecule has 0 radical (unpaired) electrons. The first-order valence-electron chi connectivity index (χ1n) is 8.28. The van der Waals surface area contributed by atoms with E-state index in [0.29, 0.717) is 5.11 Å². The van der Waals surface area contributed by atoms with Crippen molar-refractivity contribution in [3.63, 3.8) is 0 Å². The molecule has 7 heteroatoms. The molecule has 24 heavy (non-hydrogen) atoms. The highest BCUT2D eigenvalue weighted by Crippen LogP contribution is 2.27. The van der Waals surface area contributed by atoms with Crippen molar-refractivity contribution in [3.8, 4) is 5.75 Å². The van der Waals surface area contributed by atoms with Crippen LogP contribution in [-0.2, 0) is 4.74 Å². The van der Waals surface area contributed by atoms with E-state index in [1.165, 1.54) is 0 Å². The minimum absolute atomic E-state index is 0.131. The number of hydrogen-bond donors (Lipinski definition) is 2. The van der Waals surface area contributed by atoms with Crippen molar-refractivity contribution in [2.45, 2.75) is 19.4 Å². The SMILES string of the molecule is COc1ccc([C@H](C)NC(=S)NCCCN2CCOCC2)cc1Br. The molecule has 2 N–H and O–H groups in total. The summed E-state index contributed by atoms with van der Waals surface area (Å²) in [6, 6.07) is 6.18. The Morgan fingerprint density at radius 2 is 2.17 bits per heavy atom. The summed E-state index contributed by atoms with van der Waals surface area (Å²) in [6.45, 7) is 7.82. The van der Waals surface area contributed by atoms with E-state index in [1.807, 2.05) is 12.1 Å². The predicted molar refractivity (Wildman–Crippen MR) is 105 cm³/mol. The van der Waals surface area contributed by atoms with E-state index in [2.05, 4.69) is 44.5 Å². The quantitative estimate of drug-likeness (QED) is 0.527. The number of methoxy groups -OCH3 is 1. The van der Waals surface area contributed by atoms with Gasteiger partial charge >= 0.3 is 0 Å². The molecule has 2 rings (SSSR count). The number of nitrogens with one attached hydrogen (secondary N) is 2. The average Bonchev–Trinajstić information content (AvgIpc) is 2.59. The standard InChI is InChI=1S/C17H26BrN3O2S/c1-13(14-4-5-16(22-2)15(18)12-14)20-17(24)19-6-3-7-21-8-10-23-11-9-21/h4-5,12-13H,3,6-11H2,1-2H3,(H2,19,20,24)/t13-/m0/s1. The van der Waals surface area contributed by atoms with Gasteiger partial charge in [-0.15, -0.1) is 0 Å². The zero-order valence-corrected chi connectivity index (χ0v) is 16.7. The lowest BCUT2D eigenvalue weighted by atomic mass is 10.1. The van der Waals surface area contributed by atoms with Crippen LogP contribution >= 0.6 is 28.1 Å². The van der Waals surface area contributed by atoms with Crippen LogP contribution in [0.5, 0.6) is 5.75 Å². The Balaban J connectivity index is 1.68. The van der Waals surface area contributed by atoms with Gasteiger partial charge in [0.15, 0.2) is 5.11 Å². The summed E-state index contributed by atoms with van der Waals surface area (Å²) in [5.74, 6) is 0.828. The van der Waals surface area contributed by atoms with Crippen LogP contribution in [0.1, 0.15) is 24.9 Å². The third-order valence-corrected chi connectivity index (χ3v) is 4.95. The van der Waals surface area contributed by atoms with Gasteiger partial charge in [-0.2, -0.15) is 0 Å². The third-order valence-electron chi connectivity index (χ3n) is 4.06. The molecule has 1 atom stereocenters. The number of benzene rings is 1. The summed E-state index contributed by atoms with van der Waals surface area (Å²) in [4.78, 5) is 2.43. The monoisotopic (exact) mass is 415 g/mol. The molecule has 0 saturated carbocycles. The van der Waals surface area contributed by atoms with Crippen molar-refractivity contribution in [3.05, 3.63) is 28.2 Å². The lowest BCUT2D eigenvalue weighted by molar-refractivity contribution is 0.0376. The Morgan fingerprint density at radius 1 is 1.42 bits per heavy atom. The largest absolute Gasteiger partial charge is 0.496 e. The Hall–Kier alpha value is -0.890. The van der Waals surface area contributed by atoms with Gasteiger partial charge in [0.05, 0.1) is 30.8 Å². The van der Waals surface area contributed by atoms with Gasteiger partial charge < -0.3 is 20.1 Å². The first-order valence-corrected chi connectivity index (χ1v) is 9.48. The van der Waals surface area contributed by atoms with Crippen LogP contribution in [0.4, 0.5) is 0 Å². The molecule has 1 aliphatic heterocycles. The number of hydrogen-bond acceptors (Lipinski definition) is 4. The molecule has 5 nitrogen and oxygen atoms in total. The summed E-state index contributed by atoms with van der Waals surface area (Å²) in [6.07, 6.45) is 1.07. The Bertz CT molecular complexity index is 539. The van der Waals surface area contributed by atoms with E-state index >= 15 is 0 Å². The highest BCUT2D eigenvalue weighted by molar-refractivity contribution is 9.10. The number of thiocarbonyl (C=S) groups is 1. The molecule has 0 bridgehead atoms. The van der Waals surface area contributed by atoms with Gasteiger partial charge in [0.2, 0.25) is 0 Å². The molecular weight excluding hydrogens is 390 g/mol. The molecule has 134 valence electrons. The van der Waals surface area contributed by atoms with Crippen LogP contribution in [0, 0.1) is 0 Å². The zero-order valence-electron chi connectivity index (χ0n) is 14.3. The molecule has 1 aromatic carbocycles. The molecular formula is C17H26BrN3O2S. The lowest BCUT2D eigenvalue weighted by Crippen LogP contribution is -2.40. The minimum Gasteiger partial charge on any atom is -0.496 e. The van der Waals surface area contributed by atoms with Gasteiger partial charge in [-0.25, -0.2) is 0 Å². The number of morpholine rings is 1. The molecule has 1 heterocycles. The first-order chi connectivity index (χ1) is 11.6. The summed E-state index contributed by atoms with van der Waals surface area (Å²) in [7, 11) is 1.66. The summed E-state index contributed by atoms with van der Waals surface area (Å²) in [5.41, 5.74) is 1.15. The van der Waals surface area contributed by atoms with E-state index < -0.39 is 0 Å². The van der Waals surface area contributed by atoms with Crippen molar-refractivity contribution in [2.75, 3.05) is 46.5 Å². The van der Waals surface area contributed by atoms with Crippen LogP contribution in [0.25, 0.3) is 0 Å². The van der Waals surface area contributed by atoms with Gasteiger partial charge in [0.1, 0.15) is 5.75 Å². The lowest BCUT2D eigenvalue weighted by Gasteiger charge is -2.26. The Kier molecular flexibility index (Phi) is 8.24. The molecule has 0 spiro atoms. The number of halogens is 1. The maximum absolute atomic E-state index is 5.39. The second-order valence-electron chi connectivity index (χ2n) is 5.82. The number of ether oxygens (including phenoxy) is 2. The van der Waals surface area contributed by atoms with Gasteiger partial charge in [-0.1, -0.05) is 6.07 Å². The fourth-order valence-electron chi connectivity index (χ4n) is 2.61. The van der Waals surface area contributed by atoms with E-state index in [4.69, 9.17) is 21.7 Å². The van der Waals surface area contributed by atoms with Crippen molar-refractivity contribution in [1.82, 2.24) is 15.5 Å². The normalized spacial score (nSPS) is 16.5. The van der Waals surface area contributed by atoms with E-state index in [-0.39, 0.29) is 6.04 Å².